The smallest absolute Gasteiger partial charge is 0.0537 e. The Morgan fingerprint density at radius 2 is 2.25 bits per heavy atom. The predicted octanol–water partition coefficient (Wildman–Crippen LogP) is 2.26. The molecule has 16 heavy (non-hydrogen) atoms. The molecule has 0 fully saturated rings. The third-order valence-corrected chi connectivity index (χ3v) is 2.83. The molecule has 2 unspecified atom stereocenters. The van der Waals surface area contributed by atoms with Gasteiger partial charge in [-0.2, -0.15) is 5.10 Å². The van der Waals surface area contributed by atoms with E-state index in [1.807, 2.05) is 17.9 Å². The number of aromatic nitrogens is 2. The normalized spacial score (nSPS) is 14.4. The van der Waals surface area contributed by atoms with Gasteiger partial charge in [-0.05, 0) is 12.8 Å². The quantitative estimate of drug-likeness (QED) is 0.744. The highest BCUT2D eigenvalue weighted by molar-refractivity contribution is 5.10. The van der Waals surface area contributed by atoms with Crippen molar-refractivity contribution < 1.29 is 0 Å². The second-order valence-electron chi connectivity index (χ2n) is 4.09. The molecule has 0 aliphatic rings. The van der Waals surface area contributed by atoms with Gasteiger partial charge < -0.3 is 5.32 Å². The number of hydrogen-bond acceptors (Lipinski definition) is 2. The molecule has 0 aliphatic carbocycles. The summed E-state index contributed by atoms with van der Waals surface area (Å²) in [6, 6.07) is 0.752. The average molecular weight is 219 g/mol. The number of rotatable bonds is 6. The minimum absolute atomic E-state index is 0.354. The van der Waals surface area contributed by atoms with Crippen LogP contribution in [-0.4, -0.2) is 15.8 Å². The molecule has 0 spiro atoms. The van der Waals surface area contributed by atoms with E-state index in [0.29, 0.717) is 12.1 Å². The zero-order valence-electron chi connectivity index (χ0n) is 10.4. The summed E-state index contributed by atoms with van der Waals surface area (Å²) in [5, 5.41) is 7.79. The van der Waals surface area contributed by atoms with Crippen LogP contribution in [-0.2, 0) is 7.05 Å². The molecule has 1 heterocycles. The molecule has 0 amide bonds. The van der Waals surface area contributed by atoms with Crippen molar-refractivity contribution in [1.82, 2.24) is 15.1 Å². The summed E-state index contributed by atoms with van der Waals surface area (Å²) in [6.45, 7) is 4.33. The first-order chi connectivity index (χ1) is 7.71. The summed E-state index contributed by atoms with van der Waals surface area (Å²) >= 11 is 0. The average Bonchev–Trinajstić information content (AvgIpc) is 2.71. The number of terminal acetylenes is 1. The molecule has 1 rings (SSSR count). The minimum atomic E-state index is 0.354. The molecule has 88 valence electrons. The van der Waals surface area contributed by atoms with Gasteiger partial charge >= 0.3 is 0 Å². The van der Waals surface area contributed by atoms with Crippen molar-refractivity contribution in [1.29, 1.82) is 0 Å². The van der Waals surface area contributed by atoms with Crippen molar-refractivity contribution in [2.45, 2.75) is 45.2 Å². The molecule has 1 aromatic heterocycles. The van der Waals surface area contributed by atoms with Gasteiger partial charge in [0, 0.05) is 37.3 Å². The van der Waals surface area contributed by atoms with E-state index >= 15 is 0 Å². The van der Waals surface area contributed by atoms with Crippen molar-refractivity contribution in [3.63, 3.8) is 0 Å². The fraction of sp³-hybridized carbons (Fsp3) is 0.615. The van der Waals surface area contributed by atoms with Crippen LogP contribution >= 0.6 is 0 Å². The van der Waals surface area contributed by atoms with Crippen LogP contribution in [0.1, 0.15) is 44.7 Å². The highest BCUT2D eigenvalue weighted by atomic mass is 15.2. The maximum absolute atomic E-state index is 5.36. The maximum Gasteiger partial charge on any atom is 0.0537 e. The van der Waals surface area contributed by atoms with Crippen LogP contribution < -0.4 is 5.32 Å². The highest BCUT2D eigenvalue weighted by Crippen LogP contribution is 2.17. The Hall–Kier alpha value is -1.27. The van der Waals surface area contributed by atoms with E-state index in [4.69, 9.17) is 6.42 Å². The van der Waals surface area contributed by atoms with E-state index in [1.54, 1.807) is 0 Å². The van der Waals surface area contributed by atoms with Gasteiger partial charge in [-0.1, -0.05) is 13.8 Å². The van der Waals surface area contributed by atoms with E-state index in [9.17, 15) is 0 Å². The third-order valence-electron chi connectivity index (χ3n) is 2.83. The SMILES string of the molecule is C#CCC(CC)NC(CC)c1cnn(C)c1. The van der Waals surface area contributed by atoms with E-state index in [1.165, 1.54) is 5.56 Å². The Morgan fingerprint density at radius 3 is 2.69 bits per heavy atom. The lowest BCUT2D eigenvalue weighted by Crippen LogP contribution is -2.31. The molecule has 3 nitrogen and oxygen atoms in total. The molecule has 1 aromatic rings. The van der Waals surface area contributed by atoms with Gasteiger partial charge in [0.05, 0.1) is 6.20 Å². The predicted molar refractivity (Wildman–Crippen MR) is 66.9 cm³/mol. The van der Waals surface area contributed by atoms with Crippen molar-refractivity contribution >= 4 is 0 Å². The van der Waals surface area contributed by atoms with Gasteiger partial charge in [0.25, 0.3) is 0 Å². The molecular weight excluding hydrogens is 198 g/mol. The minimum Gasteiger partial charge on any atom is -0.306 e. The number of aryl methyl sites for hydroxylation is 1. The Labute approximate surface area is 98.2 Å². The third kappa shape index (κ3) is 3.39. The second-order valence-corrected chi connectivity index (χ2v) is 4.09. The van der Waals surface area contributed by atoms with Crippen LogP contribution in [0.15, 0.2) is 12.4 Å². The van der Waals surface area contributed by atoms with E-state index in [2.05, 4.69) is 36.4 Å². The first kappa shape index (κ1) is 12.8. The summed E-state index contributed by atoms with van der Waals surface area (Å²) in [5.74, 6) is 2.72. The lowest BCUT2D eigenvalue weighted by molar-refractivity contribution is 0.420. The van der Waals surface area contributed by atoms with Crippen molar-refractivity contribution in [2.75, 3.05) is 0 Å². The number of hydrogen-bond donors (Lipinski definition) is 1. The summed E-state index contributed by atoms with van der Waals surface area (Å²) in [6.07, 6.45) is 12.2. The Bertz CT molecular complexity index is 348. The van der Waals surface area contributed by atoms with Crippen molar-refractivity contribution in [2.24, 2.45) is 7.05 Å². The standard InChI is InChI=1S/C13H21N3/c1-5-8-12(6-2)15-13(7-3)11-9-14-16(4)10-11/h1,9-10,12-13,15H,6-8H2,2-4H3. The Balaban J connectivity index is 2.64. The summed E-state index contributed by atoms with van der Waals surface area (Å²) in [7, 11) is 1.94. The van der Waals surface area contributed by atoms with E-state index in [-0.39, 0.29) is 0 Å². The van der Waals surface area contributed by atoms with Gasteiger partial charge in [0.15, 0.2) is 0 Å². The van der Waals surface area contributed by atoms with Gasteiger partial charge in [0.1, 0.15) is 0 Å². The van der Waals surface area contributed by atoms with Crippen molar-refractivity contribution in [3.8, 4) is 12.3 Å². The fourth-order valence-corrected chi connectivity index (χ4v) is 1.82. The topological polar surface area (TPSA) is 29.9 Å². The van der Waals surface area contributed by atoms with Crippen molar-refractivity contribution in [3.05, 3.63) is 18.0 Å². The number of nitrogens with zero attached hydrogens (tertiary/aromatic N) is 2. The monoisotopic (exact) mass is 219 g/mol. The molecule has 2 atom stereocenters. The van der Waals surface area contributed by atoms with Crippen LogP contribution in [0.2, 0.25) is 0 Å². The van der Waals surface area contributed by atoms with Gasteiger partial charge in [-0.3, -0.25) is 4.68 Å². The zero-order valence-corrected chi connectivity index (χ0v) is 10.4. The highest BCUT2D eigenvalue weighted by Gasteiger charge is 2.14. The molecular formula is C13H21N3. The molecule has 0 saturated carbocycles. The zero-order chi connectivity index (χ0) is 12.0. The molecule has 0 bridgehead atoms. The van der Waals surface area contributed by atoms with Crippen LogP contribution in [0, 0.1) is 12.3 Å². The molecule has 0 radical (unpaired) electrons. The maximum atomic E-state index is 5.36. The number of nitrogens with one attached hydrogen (secondary N) is 1. The largest absolute Gasteiger partial charge is 0.306 e. The van der Waals surface area contributed by atoms with Gasteiger partial charge in [0.2, 0.25) is 0 Å². The summed E-state index contributed by atoms with van der Waals surface area (Å²) in [4.78, 5) is 0. The summed E-state index contributed by atoms with van der Waals surface area (Å²) < 4.78 is 1.84. The van der Waals surface area contributed by atoms with Crippen LogP contribution in [0.5, 0.6) is 0 Å². The second kappa shape index (κ2) is 6.34. The Kier molecular flexibility index (Phi) is 5.07. The van der Waals surface area contributed by atoms with E-state index < -0.39 is 0 Å². The molecule has 3 heteroatoms. The van der Waals surface area contributed by atoms with E-state index in [0.717, 1.165) is 19.3 Å². The first-order valence-electron chi connectivity index (χ1n) is 5.89. The first-order valence-corrected chi connectivity index (χ1v) is 5.89. The fourth-order valence-electron chi connectivity index (χ4n) is 1.82. The molecule has 0 aromatic carbocycles. The summed E-state index contributed by atoms with van der Waals surface area (Å²) in [5.41, 5.74) is 1.24. The lowest BCUT2D eigenvalue weighted by atomic mass is 10.0. The molecule has 0 saturated heterocycles. The molecule has 0 aliphatic heterocycles. The van der Waals surface area contributed by atoms with Crippen LogP contribution in [0.3, 0.4) is 0 Å². The van der Waals surface area contributed by atoms with Gasteiger partial charge in [-0.15, -0.1) is 12.3 Å². The van der Waals surface area contributed by atoms with Gasteiger partial charge in [-0.25, -0.2) is 0 Å². The molecule has 1 N–H and O–H groups in total. The van der Waals surface area contributed by atoms with Crippen LogP contribution in [0.4, 0.5) is 0 Å². The van der Waals surface area contributed by atoms with Crippen LogP contribution in [0.25, 0.3) is 0 Å². The lowest BCUT2D eigenvalue weighted by Gasteiger charge is -2.21. The Morgan fingerprint density at radius 1 is 1.50 bits per heavy atom.